The maximum atomic E-state index is 13.1. The Hall–Kier alpha value is -3.96. The Kier molecular flexibility index (Phi) is 5.57. The average Bonchev–Trinajstić information content (AvgIpc) is 3.20. The molecule has 1 atom stereocenters. The smallest absolute Gasteiger partial charge is 0.289 e. The number of ether oxygens (including phenoxy) is 2. The molecule has 184 valence electrons. The molecule has 36 heavy (non-hydrogen) atoms. The number of aromatic nitrogens is 3. The van der Waals surface area contributed by atoms with Crippen molar-refractivity contribution in [3.63, 3.8) is 0 Å². The Morgan fingerprint density at radius 3 is 2.86 bits per heavy atom. The molecule has 12 heteroatoms. The van der Waals surface area contributed by atoms with E-state index >= 15 is 0 Å². The topological polar surface area (TPSA) is 132 Å². The van der Waals surface area contributed by atoms with E-state index in [-0.39, 0.29) is 46.2 Å². The van der Waals surface area contributed by atoms with Gasteiger partial charge in [-0.2, -0.15) is 4.98 Å². The lowest BCUT2D eigenvalue weighted by molar-refractivity contribution is 0.0300. The fraction of sp³-hybridized carbons (Fsp3) is 0.292. The maximum Gasteiger partial charge on any atom is 0.289 e. The van der Waals surface area contributed by atoms with Gasteiger partial charge in [0.15, 0.2) is 0 Å². The second-order valence-corrected chi connectivity index (χ2v) is 8.92. The van der Waals surface area contributed by atoms with Gasteiger partial charge in [-0.15, -0.1) is 0 Å². The molecule has 4 aromatic rings. The number of fused-ring (bicyclic) bond motifs is 5. The molecule has 0 radical (unpaired) electrons. The molecular weight excluding hydrogens is 488 g/mol. The first-order chi connectivity index (χ1) is 17.5. The highest BCUT2D eigenvalue weighted by Gasteiger charge is 2.27. The summed E-state index contributed by atoms with van der Waals surface area (Å²) < 4.78 is 17.1. The summed E-state index contributed by atoms with van der Waals surface area (Å²) in [6.45, 7) is 4.33. The Bertz CT molecular complexity index is 1520. The number of benzene rings is 1. The lowest BCUT2D eigenvalue weighted by Crippen LogP contribution is -2.40. The van der Waals surface area contributed by atoms with Gasteiger partial charge in [-0.3, -0.25) is 9.59 Å². The number of morpholine rings is 1. The van der Waals surface area contributed by atoms with E-state index in [4.69, 9.17) is 25.5 Å². The molecule has 1 saturated heterocycles. The molecular formula is C24H21ClN6O5. The van der Waals surface area contributed by atoms with Crippen molar-refractivity contribution in [1.82, 2.24) is 25.2 Å². The van der Waals surface area contributed by atoms with Gasteiger partial charge in [-0.05, 0) is 36.7 Å². The third kappa shape index (κ3) is 3.95. The lowest BCUT2D eigenvalue weighted by Gasteiger charge is -2.27. The number of amides is 2. The Balaban J connectivity index is 1.37. The lowest BCUT2D eigenvalue weighted by atomic mass is 10.1. The van der Waals surface area contributed by atoms with E-state index in [0.29, 0.717) is 49.6 Å². The summed E-state index contributed by atoms with van der Waals surface area (Å²) in [6.07, 6.45) is 1.35. The van der Waals surface area contributed by atoms with Crippen LogP contribution in [0.15, 0.2) is 34.9 Å². The van der Waals surface area contributed by atoms with Crippen molar-refractivity contribution in [2.24, 2.45) is 0 Å². The highest BCUT2D eigenvalue weighted by Crippen LogP contribution is 2.38. The number of halogens is 1. The molecule has 5 heterocycles. The molecule has 0 bridgehead atoms. The van der Waals surface area contributed by atoms with Gasteiger partial charge in [0, 0.05) is 43.3 Å². The number of carbonyl (C=O) groups is 2. The molecule has 2 N–H and O–H groups in total. The van der Waals surface area contributed by atoms with Crippen molar-refractivity contribution in [1.29, 1.82) is 0 Å². The maximum absolute atomic E-state index is 13.1. The number of carbonyl (C=O) groups excluding carboxylic acids is 2. The second-order valence-electron chi connectivity index (χ2n) is 8.58. The highest BCUT2D eigenvalue weighted by atomic mass is 35.5. The summed E-state index contributed by atoms with van der Waals surface area (Å²) in [5.74, 6) is -0.0560. The number of hydrogen-bond acceptors (Lipinski definition) is 9. The molecule has 11 nitrogen and oxygen atoms in total. The zero-order chi connectivity index (χ0) is 24.8. The number of rotatable bonds is 3. The minimum absolute atomic E-state index is 0.0175. The number of anilines is 1. The van der Waals surface area contributed by atoms with Gasteiger partial charge in [0.2, 0.25) is 22.8 Å². The van der Waals surface area contributed by atoms with Crippen LogP contribution in [-0.4, -0.2) is 70.6 Å². The number of furan rings is 1. The van der Waals surface area contributed by atoms with Crippen LogP contribution >= 0.6 is 11.6 Å². The third-order valence-electron chi connectivity index (χ3n) is 6.12. The summed E-state index contributed by atoms with van der Waals surface area (Å²) in [7, 11) is 0. The van der Waals surface area contributed by atoms with Crippen LogP contribution < -0.4 is 15.4 Å². The second kappa shape index (κ2) is 8.92. The van der Waals surface area contributed by atoms with Crippen molar-refractivity contribution in [2.75, 3.05) is 38.2 Å². The van der Waals surface area contributed by atoms with Crippen LogP contribution in [0.1, 0.15) is 27.8 Å². The zero-order valence-corrected chi connectivity index (χ0v) is 20.0. The molecule has 3 aromatic heterocycles. The molecule has 1 unspecified atom stereocenters. The standard InChI is InChI=1S/C24H21ClN6O5/c1-12-10-26-19-18-13-2-5-17(29-15(13)3-4-16(18)35-20(19)21(32)28-12)36-22-14(11-27-24(25)30-22)23(33)31-6-8-34-9-7-31/h2-5,11-12,26H,6-10H2,1H3,(H,28,32). The van der Waals surface area contributed by atoms with Gasteiger partial charge < -0.3 is 29.4 Å². The molecule has 6 rings (SSSR count). The molecule has 0 aliphatic carbocycles. The zero-order valence-electron chi connectivity index (χ0n) is 19.2. The average molecular weight is 509 g/mol. The Labute approximate surface area is 209 Å². The first kappa shape index (κ1) is 22.5. The molecule has 1 fully saturated rings. The normalized spacial score (nSPS) is 17.9. The van der Waals surface area contributed by atoms with E-state index < -0.39 is 0 Å². The Morgan fingerprint density at radius 2 is 2.03 bits per heavy atom. The molecule has 2 aliphatic heterocycles. The van der Waals surface area contributed by atoms with E-state index in [1.54, 1.807) is 23.1 Å². The molecule has 0 saturated carbocycles. The minimum atomic E-state index is -0.271. The first-order valence-electron chi connectivity index (χ1n) is 11.5. The number of nitrogens with one attached hydrogen (secondary N) is 2. The summed E-state index contributed by atoms with van der Waals surface area (Å²) in [4.78, 5) is 40.0. The van der Waals surface area contributed by atoms with Crippen molar-refractivity contribution in [3.8, 4) is 11.8 Å². The SMILES string of the molecule is CC1CNc2c(oc3ccc4nc(Oc5nc(Cl)ncc5C(=O)N5CCOCC5)ccc4c23)C(=O)N1. The van der Waals surface area contributed by atoms with E-state index in [1.165, 1.54) is 6.20 Å². The predicted molar refractivity (Wildman–Crippen MR) is 131 cm³/mol. The predicted octanol–water partition coefficient (Wildman–Crippen LogP) is 3.23. The number of pyridine rings is 1. The highest BCUT2D eigenvalue weighted by molar-refractivity contribution is 6.28. The van der Waals surface area contributed by atoms with Gasteiger partial charge in [-0.25, -0.2) is 9.97 Å². The molecule has 1 aromatic carbocycles. The van der Waals surface area contributed by atoms with Gasteiger partial charge in [0.25, 0.3) is 11.8 Å². The number of hydrogen-bond donors (Lipinski definition) is 2. The van der Waals surface area contributed by atoms with Crippen molar-refractivity contribution in [2.45, 2.75) is 13.0 Å². The minimum Gasteiger partial charge on any atom is -0.449 e. The van der Waals surface area contributed by atoms with Gasteiger partial charge in [0.1, 0.15) is 11.1 Å². The fourth-order valence-electron chi connectivity index (χ4n) is 4.37. The van der Waals surface area contributed by atoms with E-state index in [0.717, 1.165) is 10.8 Å². The quantitative estimate of drug-likeness (QED) is 0.400. The van der Waals surface area contributed by atoms with Crippen LogP contribution in [0.25, 0.3) is 21.9 Å². The summed E-state index contributed by atoms with van der Waals surface area (Å²) in [6, 6.07) is 6.99. The van der Waals surface area contributed by atoms with Crippen molar-refractivity contribution < 1.29 is 23.5 Å². The summed E-state index contributed by atoms with van der Waals surface area (Å²) in [5.41, 5.74) is 2.00. The first-order valence-corrected chi connectivity index (χ1v) is 11.8. The molecule has 2 amide bonds. The molecule has 2 aliphatic rings. The largest absolute Gasteiger partial charge is 0.449 e. The van der Waals surface area contributed by atoms with Crippen LogP contribution in [0.5, 0.6) is 11.8 Å². The molecule has 0 spiro atoms. The van der Waals surface area contributed by atoms with Gasteiger partial charge in [-0.1, -0.05) is 0 Å². The van der Waals surface area contributed by atoms with E-state index in [2.05, 4.69) is 25.6 Å². The van der Waals surface area contributed by atoms with Crippen LogP contribution in [0, 0.1) is 0 Å². The van der Waals surface area contributed by atoms with E-state index in [9.17, 15) is 9.59 Å². The monoisotopic (exact) mass is 508 g/mol. The van der Waals surface area contributed by atoms with Crippen LogP contribution in [-0.2, 0) is 4.74 Å². The van der Waals surface area contributed by atoms with Gasteiger partial charge >= 0.3 is 0 Å². The summed E-state index contributed by atoms with van der Waals surface area (Å²) >= 11 is 6.01. The van der Waals surface area contributed by atoms with Crippen LogP contribution in [0.3, 0.4) is 0 Å². The van der Waals surface area contributed by atoms with Crippen molar-refractivity contribution >= 4 is 51.0 Å². The van der Waals surface area contributed by atoms with Crippen molar-refractivity contribution in [3.05, 3.63) is 47.1 Å². The Morgan fingerprint density at radius 1 is 1.19 bits per heavy atom. The third-order valence-corrected chi connectivity index (χ3v) is 6.30. The number of nitrogens with zero attached hydrogens (tertiary/aromatic N) is 4. The van der Waals surface area contributed by atoms with E-state index in [1.807, 2.05) is 13.0 Å². The van der Waals surface area contributed by atoms with Crippen LogP contribution in [0.2, 0.25) is 5.28 Å². The summed E-state index contributed by atoms with van der Waals surface area (Å²) in [5, 5.41) is 7.70. The van der Waals surface area contributed by atoms with Gasteiger partial charge in [0.05, 0.1) is 29.8 Å². The van der Waals surface area contributed by atoms with Crippen LogP contribution in [0.4, 0.5) is 5.69 Å². The fourth-order valence-corrected chi connectivity index (χ4v) is 4.50.